The summed E-state index contributed by atoms with van der Waals surface area (Å²) in [5, 5.41) is 9.79. The van der Waals surface area contributed by atoms with Gasteiger partial charge in [0.15, 0.2) is 0 Å². The Balaban J connectivity index is 2.08. The molecule has 4 nitrogen and oxygen atoms in total. The van der Waals surface area contributed by atoms with Gasteiger partial charge in [-0.25, -0.2) is 21.6 Å². The van der Waals surface area contributed by atoms with Gasteiger partial charge in [0.2, 0.25) is 15.3 Å². The predicted molar refractivity (Wildman–Crippen MR) is 77.6 cm³/mol. The number of sulfone groups is 1. The minimum Gasteiger partial charge on any atom is -0.456 e. The smallest absolute Gasteiger partial charge is 0.235 e. The third-order valence-electron chi connectivity index (χ3n) is 3.32. The summed E-state index contributed by atoms with van der Waals surface area (Å²) in [4.78, 5) is -0.359. The Hall–Kier alpha value is -1.58. The van der Waals surface area contributed by atoms with Gasteiger partial charge >= 0.3 is 0 Å². The quantitative estimate of drug-likeness (QED) is 0.823. The number of hydrogen-bond donors (Lipinski definition) is 1. The van der Waals surface area contributed by atoms with E-state index in [4.69, 9.17) is 4.74 Å². The molecule has 2 atom stereocenters. The second-order valence-electron chi connectivity index (χ2n) is 4.84. The summed E-state index contributed by atoms with van der Waals surface area (Å²) >= 11 is 3.04. The van der Waals surface area contributed by atoms with E-state index >= 15 is 0 Å². The van der Waals surface area contributed by atoms with Crippen molar-refractivity contribution in [2.75, 3.05) is 0 Å². The van der Waals surface area contributed by atoms with E-state index in [9.17, 15) is 26.7 Å². The number of hydrogen-bond acceptors (Lipinski definition) is 4. The molecule has 9 heteroatoms. The van der Waals surface area contributed by atoms with Gasteiger partial charge in [-0.05, 0) is 28.1 Å². The van der Waals surface area contributed by atoms with Gasteiger partial charge in [-0.2, -0.15) is 0 Å². The zero-order valence-corrected chi connectivity index (χ0v) is 13.5. The van der Waals surface area contributed by atoms with Crippen molar-refractivity contribution in [1.29, 1.82) is 0 Å². The van der Waals surface area contributed by atoms with Crippen molar-refractivity contribution >= 4 is 25.8 Å². The van der Waals surface area contributed by atoms with Crippen molar-refractivity contribution in [3.63, 3.8) is 0 Å². The van der Waals surface area contributed by atoms with Crippen LogP contribution in [0.5, 0.6) is 11.5 Å². The molecule has 0 amide bonds. The summed E-state index contributed by atoms with van der Waals surface area (Å²) in [7, 11) is -4.28. The van der Waals surface area contributed by atoms with Crippen LogP contribution < -0.4 is 4.74 Å². The lowest BCUT2D eigenvalue weighted by molar-refractivity contribution is 0.123. The molecule has 0 radical (unpaired) electrons. The lowest BCUT2D eigenvalue weighted by Crippen LogP contribution is -2.14. The van der Waals surface area contributed by atoms with Gasteiger partial charge in [-0.15, -0.1) is 0 Å². The Kier molecular flexibility index (Phi) is 3.89. The molecule has 1 N–H and O–H groups in total. The molecule has 2 aromatic rings. The van der Waals surface area contributed by atoms with Crippen LogP contribution >= 0.6 is 15.9 Å². The number of aliphatic hydroxyl groups is 1. The Morgan fingerprint density at radius 3 is 2.35 bits per heavy atom. The molecule has 0 saturated carbocycles. The van der Waals surface area contributed by atoms with Crippen molar-refractivity contribution in [3.05, 3.63) is 52.0 Å². The summed E-state index contributed by atoms with van der Waals surface area (Å²) in [5.41, 5.74) is -2.66. The summed E-state index contributed by atoms with van der Waals surface area (Å²) in [6, 6.07) is 4.79. The molecule has 0 spiro atoms. The highest BCUT2D eigenvalue weighted by Gasteiger charge is 2.46. The molecule has 122 valence electrons. The summed E-state index contributed by atoms with van der Waals surface area (Å²) in [6.45, 7) is 0. The van der Waals surface area contributed by atoms with Crippen LogP contribution in [0.3, 0.4) is 0 Å². The summed E-state index contributed by atoms with van der Waals surface area (Å²) < 4.78 is 69.0. The Labute approximate surface area is 137 Å². The van der Waals surface area contributed by atoms with Gasteiger partial charge in [-0.3, -0.25) is 0 Å². The molecular weight excluding hydrogens is 401 g/mol. The van der Waals surface area contributed by atoms with Crippen LogP contribution in [0.1, 0.15) is 11.7 Å². The first kappa shape index (κ1) is 16.3. The molecule has 3 rings (SSSR count). The van der Waals surface area contributed by atoms with Crippen molar-refractivity contribution in [3.8, 4) is 11.5 Å². The van der Waals surface area contributed by atoms with Crippen molar-refractivity contribution in [2.24, 2.45) is 0 Å². The van der Waals surface area contributed by atoms with Gasteiger partial charge in [0, 0.05) is 23.8 Å². The molecule has 1 aliphatic heterocycles. The fourth-order valence-corrected chi connectivity index (χ4v) is 4.59. The molecule has 1 heterocycles. The van der Waals surface area contributed by atoms with E-state index in [0.29, 0.717) is 6.07 Å². The lowest BCUT2D eigenvalue weighted by atomic mass is 10.1. The maximum atomic E-state index is 13.7. The minimum atomic E-state index is -4.28. The van der Waals surface area contributed by atoms with E-state index in [1.54, 1.807) is 0 Å². The molecule has 2 aromatic carbocycles. The molecule has 0 bridgehead atoms. The van der Waals surface area contributed by atoms with Gasteiger partial charge in [0.1, 0.15) is 29.2 Å². The number of ether oxygens (including phenoxy) is 1. The third-order valence-corrected chi connectivity index (χ3v) is 5.95. The standard InChI is InChI=1S/C14H8BrF3O4S/c15-12-9(22-8-4-6(16)3-7(17)5-8)1-2-10-11(12)13(19)14(18)23(10,20)21/h1-5,13-14,19H/t13-,14?/m1/s1. The fourth-order valence-electron chi connectivity index (χ4n) is 2.29. The average molecular weight is 409 g/mol. The predicted octanol–water partition coefficient (Wildman–Crippen LogP) is 3.64. The van der Waals surface area contributed by atoms with Crippen LogP contribution in [0.2, 0.25) is 0 Å². The summed E-state index contributed by atoms with van der Waals surface area (Å²) in [5.74, 6) is -1.90. The Morgan fingerprint density at radius 1 is 1.13 bits per heavy atom. The van der Waals surface area contributed by atoms with Gasteiger partial charge in [0.25, 0.3) is 0 Å². The fraction of sp³-hybridized carbons (Fsp3) is 0.143. The Morgan fingerprint density at radius 2 is 1.74 bits per heavy atom. The maximum absolute atomic E-state index is 13.7. The van der Waals surface area contributed by atoms with Crippen LogP contribution in [-0.2, 0) is 9.84 Å². The highest BCUT2D eigenvalue weighted by atomic mass is 79.9. The van der Waals surface area contributed by atoms with Crippen molar-refractivity contribution in [1.82, 2.24) is 0 Å². The van der Waals surface area contributed by atoms with Gasteiger partial charge in [0.05, 0.1) is 9.37 Å². The average Bonchev–Trinajstić information content (AvgIpc) is 2.62. The molecule has 1 aliphatic rings. The second-order valence-corrected chi connectivity index (χ2v) is 7.61. The minimum absolute atomic E-state index is 0.00380. The first-order chi connectivity index (χ1) is 10.7. The second kappa shape index (κ2) is 5.50. The first-order valence-electron chi connectivity index (χ1n) is 6.24. The van der Waals surface area contributed by atoms with Crippen LogP contribution in [0.15, 0.2) is 39.7 Å². The zero-order valence-electron chi connectivity index (χ0n) is 11.1. The molecule has 0 fully saturated rings. The maximum Gasteiger partial charge on any atom is 0.235 e. The number of benzene rings is 2. The number of rotatable bonds is 2. The van der Waals surface area contributed by atoms with E-state index in [1.165, 1.54) is 6.07 Å². The number of aliphatic hydroxyl groups excluding tert-OH is 1. The van der Waals surface area contributed by atoms with Crippen molar-refractivity contribution in [2.45, 2.75) is 16.5 Å². The van der Waals surface area contributed by atoms with E-state index in [0.717, 1.165) is 18.2 Å². The SMILES string of the molecule is O=S1(=O)c2ccc(Oc3cc(F)cc(F)c3)c(Br)c2[C@@H](O)C1F. The topological polar surface area (TPSA) is 63.6 Å². The van der Waals surface area contributed by atoms with E-state index in [1.807, 2.05) is 0 Å². The normalized spacial score (nSPS) is 22.0. The zero-order chi connectivity index (χ0) is 16.9. The highest BCUT2D eigenvalue weighted by molar-refractivity contribution is 9.10. The van der Waals surface area contributed by atoms with E-state index in [-0.39, 0.29) is 26.4 Å². The van der Waals surface area contributed by atoms with Crippen LogP contribution in [-0.4, -0.2) is 19.0 Å². The molecular formula is C14H8BrF3O4S. The highest BCUT2D eigenvalue weighted by Crippen LogP contribution is 2.47. The first-order valence-corrected chi connectivity index (χ1v) is 8.58. The van der Waals surface area contributed by atoms with E-state index < -0.39 is 33.1 Å². The molecule has 0 saturated heterocycles. The van der Waals surface area contributed by atoms with Crippen molar-refractivity contribution < 1.29 is 31.4 Å². The Bertz CT molecular complexity index is 881. The molecule has 0 aliphatic carbocycles. The number of alkyl halides is 1. The van der Waals surface area contributed by atoms with E-state index in [2.05, 4.69) is 15.9 Å². The third kappa shape index (κ3) is 2.62. The molecule has 1 unspecified atom stereocenters. The lowest BCUT2D eigenvalue weighted by Gasteiger charge is -2.12. The van der Waals surface area contributed by atoms with Crippen LogP contribution in [0, 0.1) is 11.6 Å². The molecule has 0 aromatic heterocycles. The molecule has 23 heavy (non-hydrogen) atoms. The summed E-state index contributed by atoms with van der Waals surface area (Å²) in [6.07, 6.45) is -1.88. The largest absolute Gasteiger partial charge is 0.456 e. The van der Waals surface area contributed by atoms with Crippen LogP contribution in [0.4, 0.5) is 13.2 Å². The number of halogens is 4. The van der Waals surface area contributed by atoms with Gasteiger partial charge < -0.3 is 9.84 Å². The van der Waals surface area contributed by atoms with Gasteiger partial charge in [-0.1, -0.05) is 0 Å². The van der Waals surface area contributed by atoms with Crippen LogP contribution in [0.25, 0.3) is 0 Å². The monoisotopic (exact) mass is 408 g/mol. The number of fused-ring (bicyclic) bond motifs is 1.